The molecule has 2 rings (SSSR count). The zero-order chi connectivity index (χ0) is 12.8. The SMILES string of the molecule is O=Cc1ccccc1O/C(=C/Br)c1ccccc1. The third-order valence-electron chi connectivity index (χ3n) is 2.42. The molecule has 0 spiro atoms. The van der Waals surface area contributed by atoms with Crippen LogP contribution in [0.4, 0.5) is 0 Å². The number of carbonyl (C=O) groups is 1. The molecule has 0 aliphatic rings. The molecule has 0 bridgehead atoms. The molecule has 0 N–H and O–H groups in total. The van der Waals surface area contributed by atoms with Crippen LogP contribution in [0.25, 0.3) is 5.76 Å². The number of hydrogen-bond donors (Lipinski definition) is 0. The second-order valence-electron chi connectivity index (χ2n) is 3.60. The van der Waals surface area contributed by atoms with Gasteiger partial charge in [-0.1, -0.05) is 58.4 Å². The van der Waals surface area contributed by atoms with Crippen LogP contribution >= 0.6 is 15.9 Å². The number of carbonyl (C=O) groups excluding carboxylic acids is 1. The van der Waals surface area contributed by atoms with Gasteiger partial charge in [0.05, 0.1) is 5.56 Å². The number of aldehydes is 1. The first-order valence-corrected chi connectivity index (χ1v) is 6.34. The Morgan fingerprint density at radius 1 is 1.00 bits per heavy atom. The maximum atomic E-state index is 10.9. The lowest BCUT2D eigenvalue weighted by Crippen LogP contribution is -1.96. The Morgan fingerprint density at radius 3 is 2.33 bits per heavy atom. The molecule has 0 atom stereocenters. The molecule has 3 heteroatoms. The fourth-order valence-electron chi connectivity index (χ4n) is 1.54. The van der Waals surface area contributed by atoms with Crippen molar-refractivity contribution < 1.29 is 9.53 Å². The molecule has 90 valence electrons. The van der Waals surface area contributed by atoms with Crippen molar-refractivity contribution in [3.63, 3.8) is 0 Å². The van der Waals surface area contributed by atoms with E-state index in [1.807, 2.05) is 36.4 Å². The molecular weight excluding hydrogens is 292 g/mol. The quantitative estimate of drug-likeness (QED) is 0.623. The first kappa shape index (κ1) is 12.6. The van der Waals surface area contributed by atoms with Crippen LogP contribution in [0.15, 0.2) is 59.6 Å². The highest BCUT2D eigenvalue weighted by atomic mass is 79.9. The van der Waals surface area contributed by atoms with Gasteiger partial charge in [0, 0.05) is 10.5 Å². The van der Waals surface area contributed by atoms with E-state index in [1.165, 1.54) is 0 Å². The van der Waals surface area contributed by atoms with Gasteiger partial charge in [0.25, 0.3) is 0 Å². The van der Waals surface area contributed by atoms with Crippen molar-refractivity contribution in [2.24, 2.45) is 0 Å². The van der Waals surface area contributed by atoms with Crippen LogP contribution in [-0.4, -0.2) is 6.29 Å². The molecule has 0 radical (unpaired) electrons. The zero-order valence-electron chi connectivity index (χ0n) is 9.55. The van der Waals surface area contributed by atoms with E-state index in [1.54, 1.807) is 23.2 Å². The van der Waals surface area contributed by atoms with Crippen molar-refractivity contribution in [1.29, 1.82) is 0 Å². The van der Waals surface area contributed by atoms with Crippen LogP contribution in [0, 0.1) is 0 Å². The number of para-hydroxylation sites is 1. The number of ether oxygens (including phenoxy) is 1. The highest BCUT2D eigenvalue weighted by molar-refractivity contribution is 9.11. The lowest BCUT2D eigenvalue weighted by atomic mass is 10.2. The Hall–Kier alpha value is -1.87. The van der Waals surface area contributed by atoms with Crippen molar-refractivity contribution in [2.75, 3.05) is 0 Å². The minimum atomic E-state index is 0.528. The Balaban J connectivity index is 2.30. The molecule has 18 heavy (non-hydrogen) atoms. The molecule has 0 amide bonds. The van der Waals surface area contributed by atoms with Gasteiger partial charge in [-0.3, -0.25) is 4.79 Å². The van der Waals surface area contributed by atoms with E-state index in [4.69, 9.17) is 4.74 Å². The molecule has 0 aromatic heterocycles. The molecule has 0 saturated heterocycles. The van der Waals surface area contributed by atoms with Crippen molar-refractivity contribution >= 4 is 28.0 Å². The summed E-state index contributed by atoms with van der Waals surface area (Å²) in [7, 11) is 0. The van der Waals surface area contributed by atoms with Gasteiger partial charge >= 0.3 is 0 Å². The second-order valence-corrected chi connectivity index (χ2v) is 4.05. The average molecular weight is 303 g/mol. The fourth-order valence-corrected chi connectivity index (χ4v) is 1.89. The topological polar surface area (TPSA) is 26.3 Å². The first-order valence-electron chi connectivity index (χ1n) is 5.43. The van der Waals surface area contributed by atoms with E-state index in [-0.39, 0.29) is 0 Å². The maximum absolute atomic E-state index is 10.9. The summed E-state index contributed by atoms with van der Waals surface area (Å²) in [5, 5.41) is 0. The van der Waals surface area contributed by atoms with E-state index in [0.29, 0.717) is 17.1 Å². The van der Waals surface area contributed by atoms with Gasteiger partial charge in [-0.15, -0.1) is 0 Å². The number of rotatable bonds is 4. The van der Waals surface area contributed by atoms with Crippen LogP contribution < -0.4 is 4.74 Å². The highest BCUT2D eigenvalue weighted by Crippen LogP contribution is 2.24. The van der Waals surface area contributed by atoms with Crippen molar-refractivity contribution in [3.05, 3.63) is 70.7 Å². The summed E-state index contributed by atoms with van der Waals surface area (Å²) >= 11 is 3.28. The van der Waals surface area contributed by atoms with Crippen LogP contribution in [0.5, 0.6) is 5.75 Å². The van der Waals surface area contributed by atoms with Gasteiger partial charge in [0.15, 0.2) is 6.29 Å². The third-order valence-corrected chi connectivity index (χ3v) is 2.84. The van der Waals surface area contributed by atoms with Crippen molar-refractivity contribution in [1.82, 2.24) is 0 Å². The monoisotopic (exact) mass is 302 g/mol. The molecule has 0 aliphatic heterocycles. The zero-order valence-corrected chi connectivity index (χ0v) is 11.1. The standard InChI is InChI=1S/C15H11BrO2/c16-10-15(12-6-2-1-3-7-12)18-14-9-5-4-8-13(14)11-17/h1-11H/b15-10+. The fraction of sp³-hybridized carbons (Fsp3) is 0. The van der Waals surface area contributed by atoms with Gasteiger partial charge in [-0.05, 0) is 12.1 Å². The summed E-state index contributed by atoms with van der Waals surface area (Å²) in [5.74, 6) is 1.20. The first-order chi connectivity index (χ1) is 8.85. The normalized spacial score (nSPS) is 11.1. The van der Waals surface area contributed by atoms with Crippen molar-refractivity contribution in [2.45, 2.75) is 0 Å². The summed E-state index contributed by atoms with van der Waals surface area (Å²) in [6, 6.07) is 16.8. The number of hydrogen-bond acceptors (Lipinski definition) is 2. The van der Waals surface area contributed by atoms with Crippen molar-refractivity contribution in [3.8, 4) is 5.75 Å². The summed E-state index contributed by atoms with van der Waals surface area (Å²) in [6.07, 6.45) is 0.784. The van der Waals surface area contributed by atoms with Gasteiger partial charge in [-0.2, -0.15) is 0 Å². The van der Waals surface area contributed by atoms with Crippen LogP contribution in [0.1, 0.15) is 15.9 Å². The second kappa shape index (κ2) is 6.17. The molecule has 2 aromatic carbocycles. The number of halogens is 1. The average Bonchev–Trinajstić information content (AvgIpc) is 2.46. The summed E-state index contributed by atoms with van der Waals surface area (Å²) in [5.41, 5.74) is 1.47. The predicted molar refractivity (Wildman–Crippen MR) is 75.8 cm³/mol. The molecule has 2 nitrogen and oxygen atoms in total. The number of benzene rings is 2. The van der Waals surface area contributed by atoms with E-state index < -0.39 is 0 Å². The minimum absolute atomic E-state index is 0.528. The lowest BCUT2D eigenvalue weighted by molar-refractivity contribution is 0.112. The van der Waals surface area contributed by atoms with Gasteiger partial charge in [0.1, 0.15) is 11.5 Å². The predicted octanol–water partition coefficient (Wildman–Crippen LogP) is 4.27. The third kappa shape index (κ3) is 2.87. The molecule has 0 unspecified atom stereocenters. The molecule has 0 aliphatic carbocycles. The largest absolute Gasteiger partial charge is 0.455 e. The van der Waals surface area contributed by atoms with E-state index >= 15 is 0 Å². The molecular formula is C15H11BrO2. The Morgan fingerprint density at radius 2 is 1.67 bits per heavy atom. The maximum Gasteiger partial charge on any atom is 0.153 e. The Bertz CT molecular complexity index is 562. The summed E-state index contributed by atoms with van der Waals surface area (Å²) < 4.78 is 5.75. The minimum Gasteiger partial charge on any atom is -0.455 e. The van der Waals surface area contributed by atoms with Gasteiger partial charge in [0.2, 0.25) is 0 Å². The molecule has 0 fully saturated rings. The van der Waals surface area contributed by atoms with Crippen LogP contribution in [-0.2, 0) is 0 Å². The van der Waals surface area contributed by atoms with Gasteiger partial charge < -0.3 is 4.74 Å². The highest BCUT2D eigenvalue weighted by Gasteiger charge is 2.06. The Kier molecular flexibility index (Phi) is 4.31. The molecule has 2 aromatic rings. The summed E-state index contributed by atoms with van der Waals surface area (Å²) in [6.45, 7) is 0. The Labute approximate surface area is 114 Å². The van der Waals surface area contributed by atoms with Crippen LogP contribution in [0.3, 0.4) is 0 Å². The van der Waals surface area contributed by atoms with Gasteiger partial charge in [-0.25, -0.2) is 0 Å². The van der Waals surface area contributed by atoms with E-state index in [2.05, 4.69) is 15.9 Å². The molecule has 0 saturated carbocycles. The van der Waals surface area contributed by atoms with E-state index in [0.717, 1.165) is 11.8 Å². The molecule has 0 heterocycles. The smallest absolute Gasteiger partial charge is 0.153 e. The van der Waals surface area contributed by atoms with E-state index in [9.17, 15) is 4.79 Å². The summed E-state index contributed by atoms with van der Waals surface area (Å²) in [4.78, 5) is 12.6. The van der Waals surface area contributed by atoms with Crippen LogP contribution in [0.2, 0.25) is 0 Å². The lowest BCUT2D eigenvalue weighted by Gasteiger charge is -2.10.